The van der Waals surface area contributed by atoms with Crippen LogP contribution in [0, 0.1) is 5.92 Å². The Hall–Kier alpha value is -1.30. The van der Waals surface area contributed by atoms with Crippen molar-refractivity contribution in [2.24, 2.45) is 5.92 Å². The van der Waals surface area contributed by atoms with Gasteiger partial charge in [0.1, 0.15) is 11.5 Å². The Kier molecular flexibility index (Phi) is 6.35. The molecule has 0 spiro atoms. The van der Waals surface area contributed by atoms with Crippen LogP contribution in [0.3, 0.4) is 0 Å². The number of hydrogen-bond donors (Lipinski definition) is 0. The summed E-state index contributed by atoms with van der Waals surface area (Å²) in [7, 11) is 3.39. The molecule has 2 atom stereocenters. The van der Waals surface area contributed by atoms with Gasteiger partial charge in [0.2, 0.25) is 0 Å². The topological polar surface area (TPSA) is 40.2 Å². The predicted octanol–water partition coefficient (Wildman–Crippen LogP) is 2.72. The summed E-state index contributed by atoms with van der Waals surface area (Å²) in [5.74, 6) is 2.33. The molecule has 24 heavy (non-hydrogen) atoms. The van der Waals surface area contributed by atoms with Gasteiger partial charge in [0.05, 0.1) is 26.9 Å². The van der Waals surface area contributed by atoms with E-state index >= 15 is 0 Å². The van der Waals surface area contributed by atoms with Crippen LogP contribution in [0.25, 0.3) is 0 Å². The smallest absolute Gasteiger partial charge is 0.127 e. The summed E-state index contributed by atoms with van der Waals surface area (Å²) in [5, 5.41) is 0. The minimum atomic E-state index is 0.358. The Balaban J connectivity index is 1.69. The van der Waals surface area contributed by atoms with E-state index < -0.39 is 0 Å². The van der Waals surface area contributed by atoms with Gasteiger partial charge in [-0.2, -0.15) is 0 Å². The molecular formula is C19H29NO4. The minimum Gasteiger partial charge on any atom is -0.497 e. The van der Waals surface area contributed by atoms with Crippen LogP contribution in [0.4, 0.5) is 0 Å². The molecule has 5 nitrogen and oxygen atoms in total. The second-order valence-electron chi connectivity index (χ2n) is 6.74. The third kappa shape index (κ3) is 4.62. The van der Waals surface area contributed by atoms with E-state index in [1.54, 1.807) is 14.2 Å². The summed E-state index contributed by atoms with van der Waals surface area (Å²) in [6.45, 7) is 5.56. The molecule has 0 radical (unpaired) electrons. The van der Waals surface area contributed by atoms with Gasteiger partial charge in [0.15, 0.2) is 0 Å². The number of hydrogen-bond acceptors (Lipinski definition) is 5. The molecule has 0 bridgehead atoms. The third-order valence-electron chi connectivity index (χ3n) is 4.91. The van der Waals surface area contributed by atoms with Crippen molar-refractivity contribution in [1.82, 2.24) is 4.90 Å². The fourth-order valence-corrected chi connectivity index (χ4v) is 3.60. The van der Waals surface area contributed by atoms with Gasteiger partial charge in [-0.15, -0.1) is 0 Å². The highest BCUT2D eigenvalue weighted by atomic mass is 16.5. The van der Waals surface area contributed by atoms with Crippen LogP contribution in [-0.2, 0) is 16.0 Å². The van der Waals surface area contributed by atoms with E-state index in [1.165, 1.54) is 12.0 Å². The highest BCUT2D eigenvalue weighted by molar-refractivity contribution is 5.40. The molecule has 134 valence electrons. The van der Waals surface area contributed by atoms with Crippen LogP contribution < -0.4 is 9.47 Å². The van der Waals surface area contributed by atoms with E-state index in [-0.39, 0.29) is 0 Å². The summed E-state index contributed by atoms with van der Waals surface area (Å²) in [5.41, 5.74) is 1.19. The molecule has 3 rings (SSSR count). The van der Waals surface area contributed by atoms with Gasteiger partial charge < -0.3 is 18.9 Å². The maximum Gasteiger partial charge on any atom is 0.127 e. The van der Waals surface area contributed by atoms with Crippen molar-refractivity contribution in [3.8, 4) is 11.5 Å². The summed E-state index contributed by atoms with van der Waals surface area (Å²) in [4.78, 5) is 2.50. The van der Waals surface area contributed by atoms with Crippen LogP contribution >= 0.6 is 0 Å². The van der Waals surface area contributed by atoms with Gasteiger partial charge in [0.25, 0.3) is 0 Å². The van der Waals surface area contributed by atoms with E-state index in [4.69, 9.17) is 18.9 Å². The molecule has 2 aliphatic rings. The first-order valence-corrected chi connectivity index (χ1v) is 8.91. The van der Waals surface area contributed by atoms with E-state index in [0.717, 1.165) is 63.8 Å². The van der Waals surface area contributed by atoms with Crippen LogP contribution in [0.1, 0.15) is 24.8 Å². The maximum atomic E-state index is 5.85. The zero-order valence-electron chi connectivity index (χ0n) is 14.8. The molecule has 2 saturated heterocycles. The van der Waals surface area contributed by atoms with Gasteiger partial charge in [0, 0.05) is 44.5 Å². The van der Waals surface area contributed by atoms with Crippen LogP contribution in [0.5, 0.6) is 11.5 Å². The molecule has 1 aromatic rings. The molecule has 2 heterocycles. The molecular weight excluding hydrogens is 306 g/mol. The van der Waals surface area contributed by atoms with Gasteiger partial charge >= 0.3 is 0 Å². The summed E-state index contributed by atoms with van der Waals surface area (Å²) in [6.07, 6.45) is 3.85. The molecule has 0 amide bonds. The highest BCUT2D eigenvalue weighted by Gasteiger charge is 2.24. The summed E-state index contributed by atoms with van der Waals surface area (Å²) in [6, 6.07) is 6.06. The lowest BCUT2D eigenvalue weighted by Gasteiger charge is -2.28. The van der Waals surface area contributed by atoms with Crippen molar-refractivity contribution in [1.29, 1.82) is 0 Å². The molecule has 0 unspecified atom stereocenters. The monoisotopic (exact) mass is 335 g/mol. The van der Waals surface area contributed by atoms with Crippen molar-refractivity contribution in [3.63, 3.8) is 0 Å². The first kappa shape index (κ1) is 17.5. The molecule has 0 aromatic heterocycles. The molecule has 2 aliphatic heterocycles. The highest BCUT2D eigenvalue weighted by Crippen LogP contribution is 2.27. The lowest BCUT2D eigenvalue weighted by molar-refractivity contribution is 0.0628. The molecule has 0 saturated carbocycles. The fraction of sp³-hybridized carbons (Fsp3) is 0.684. The lowest BCUT2D eigenvalue weighted by atomic mass is 10.1. The van der Waals surface area contributed by atoms with E-state index in [1.807, 2.05) is 12.1 Å². The Bertz CT molecular complexity index is 492. The predicted molar refractivity (Wildman–Crippen MR) is 92.7 cm³/mol. The van der Waals surface area contributed by atoms with Crippen molar-refractivity contribution >= 4 is 0 Å². The average Bonchev–Trinajstić information content (AvgIpc) is 3.29. The molecule has 1 aromatic carbocycles. The standard InChI is InChI=1S/C19H29NO4/c1-21-17-6-5-16(19(10-17)22-2)12-20(11-15-7-9-23-14-15)13-18-4-3-8-24-18/h5-6,10,15,18H,3-4,7-9,11-14H2,1-2H3/t15-,18-/m0/s1. The Labute approximate surface area is 144 Å². The number of ether oxygens (including phenoxy) is 4. The Morgan fingerprint density at radius 2 is 2.04 bits per heavy atom. The second-order valence-corrected chi connectivity index (χ2v) is 6.74. The van der Waals surface area contributed by atoms with Gasteiger partial charge in [-0.3, -0.25) is 4.90 Å². The molecule has 0 N–H and O–H groups in total. The van der Waals surface area contributed by atoms with Crippen LogP contribution in [0.15, 0.2) is 18.2 Å². The quantitative estimate of drug-likeness (QED) is 0.730. The maximum absolute atomic E-state index is 5.85. The third-order valence-corrected chi connectivity index (χ3v) is 4.91. The van der Waals surface area contributed by atoms with Crippen molar-refractivity contribution in [2.45, 2.75) is 31.9 Å². The second kappa shape index (κ2) is 8.70. The zero-order chi connectivity index (χ0) is 16.8. The van der Waals surface area contributed by atoms with Crippen molar-refractivity contribution in [2.75, 3.05) is 47.1 Å². The fourth-order valence-electron chi connectivity index (χ4n) is 3.60. The normalized spacial score (nSPS) is 23.8. The first-order chi connectivity index (χ1) is 11.8. The van der Waals surface area contributed by atoms with Gasteiger partial charge in [-0.1, -0.05) is 6.07 Å². The summed E-state index contributed by atoms with van der Waals surface area (Å²) >= 11 is 0. The Morgan fingerprint density at radius 1 is 1.12 bits per heavy atom. The molecule has 5 heteroatoms. The van der Waals surface area contributed by atoms with Crippen LogP contribution in [-0.4, -0.2) is 58.1 Å². The number of methoxy groups -OCH3 is 2. The largest absolute Gasteiger partial charge is 0.497 e. The van der Waals surface area contributed by atoms with Gasteiger partial charge in [-0.25, -0.2) is 0 Å². The minimum absolute atomic E-state index is 0.358. The number of nitrogens with zero attached hydrogens (tertiary/aromatic N) is 1. The van der Waals surface area contributed by atoms with Gasteiger partial charge in [-0.05, 0) is 31.2 Å². The molecule has 0 aliphatic carbocycles. The summed E-state index contributed by atoms with van der Waals surface area (Å²) < 4.78 is 22.3. The van der Waals surface area contributed by atoms with Crippen molar-refractivity contribution in [3.05, 3.63) is 23.8 Å². The number of benzene rings is 1. The lowest BCUT2D eigenvalue weighted by Crippen LogP contribution is -2.36. The zero-order valence-corrected chi connectivity index (χ0v) is 14.8. The average molecular weight is 335 g/mol. The molecule has 2 fully saturated rings. The SMILES string of the molecule is COc1ccc(CN(C[C@@H]2CCOC2)C[C@@H]2CCCO2)c(OC)c1. The van der Waals surface area contributed by atoms with E-state index in [9.17, 15) is 0 Å². The first-order valence-electron chi connectivity index (χ1n) is 8.91. The van der Waals surface area contributed by atoms with Crippen LogP contribution in [0.2, 0.25) is 0 Å². The van der Waals surface area contributed by atoms with Crippen molar-refractivity contribution < 1.29 is 18.9 Å². The van der Waals surface area contributed by atoms with E-state index in [0.29, 0.717) is 12.0 Å². The Morgan fingerprint density at radius 3 is 2.71 bits per heavy atom. The van der Waals surface area contributed by atoms with E-state index in [2.05, 4.69) is 11.0 Å². The number of rotatable bonds is 8.